The number of likely N-dealkylation sites (tertiary alicyclic amines) is 1. The second-order valence-electron chi connectivity index (χ2n) is 6.63. The van der Waals surface area contributed by atoms with E-state index in [9.17, 15) is 4.79 Å². The number of hydrogen-bond donors (Lipinski definition) is 0. The van der Waals surface area contributed by atoms with Crippen molar-refractivity contribution >= 4 is 17.2 Å². The van der Waals surface area contributed by atoms with E-state index in [-0.39, 0.29) is 17.9 Å². The molecule has 0 spiro atoms. The Morgan fingerprint density at radius 1 is 1.20 bits per heavy atom. The van der Waals surface area contributed by atoms with Crippen LogP contribution in [0.15, 0.2) is 46.3 Å². The monoisotopic (exact) mass is 351 g/mol. The first kappa shape index (κ1) is 14.8. The van der Waals surface area contributed by atoms with Crippen molar-refractivity contribution < 1.29 is 9.32 Å². The van der Waals surface area contributed by atoms with E-state index in [1.54, 1.807) is 11.3 Å². The first-order valence-corrected chi connectivity index (χ1v) is 9.42. The van der Waals surface area contributed by atoms with Gasteiger partial charge in [-0.1, -0.05) is 35.5 Å². The van der Waals surface area contributed by atoms with Crippen molar-refractivity contribution in [2.45, 2.75) is 31.2 Å². The maximum Gasteiger partial charge on any atom is 0.232 e. The van der Waals surface area contributed by atoms with Crippen LogP contribution in [0.1, 0.15) is 41.8 Å². The first-order valence-electron chi connectivity index (χ1n) is 8.54. The van der Waals surface area contributed by atoms with Gasteiger partial charge in [0.2, 0.25) is 17.6 Å². The van der Waals surface area contributed by atoms with Crippen LogP contribution in [0.2, 0.25) is 0 Å². The van der Waals surface area contributed by atoms with Gasteiger partial charge in [-0.15, -0.1) is 11.3 Å². The van der Waals surface area contributed by atoms with Gasteiger partial charge in [0, 0.05) is 13.0 Å². The van der Waals surface area contributed by atoms with Crippen LogP contribution >= 0.6 is 11.3 Å². The molecule has 126 valence electrons. The van der Waals surface area contributed by atoms with Gasteiger partial charge in [-0.3, -0.25) is 4.79 Å². The number of fused-ring (bicyclic) bond motifs is 1. The minimum absolute atomic E-state index is 0.0125. The van der Waals surface area contributed by atoms with Gasteiger partial charge < -0.3 is 9.42 Å². The average molecular weight is 351 g/mol. The number of thiophene rings is 1. The molecule has 0 bridgehead atoms. The molecule has 3 aromatic rings. The van der Waals surface area contributed by atoms with E-state index in [0.717, 1.165) is 17.7 Å². The Labute approximate surface area is 149 Å². The molecule has 2 aliphatic rings. The number of hydrogen-bond acceptors (Lipinski definition) is 5. The molecule has 2 atom stereocenters. The smallest absolute Gasteiger partial charge is 0.232 e. The molecule has 6 heteroatoms. The Morgan fingerprint density at radius 3 is 3.00 bits per heavy atom. The summed E-state index contributed by atoms with van der Waals surface area (Å²) in [5.74, 6) is 1.36. The molecule has 3 heterocycles. The van der Waals surface area contributed by atoms with Gasteiger partial charge >= 0.3 is 0 Å². The molecule has 1 aliphatic carbocycles. The van der Waals surface area contributed by atoms with Crippen molar-refractivity contribution in [2.24, 2.45) is 0 Å². The molecule has 0 radical (unpaired) electrons. The molecule has 5 nitrogen and oxygen atoms in total. The summed E-state index contributed by atoms with van der Waals surface area (Å²) in [5.41, 5.74) is 2.66. The van der Waals surface area contributed by atoms with Crippen molar-refractivity contribution in [3.63, 3.8) is 0 Å². The van der Waals surface area contributed by atoms with E-state index in [4.69, 9.17) is 4.52 Å². The molecule has 2 unspecified atom stereocenters. The highest BCUT2D eigenvalue weighted by atomic mass is 32.1. The molecule has 1 amide bonds. The summed E-state index contributed by atoms with van der Waals surface area (Å²) < 4.78 is 5.47. The summed E-state index contributed by atoms with van der Waals surface area (Å²) in [5, 5.41) is 6.07. The Hall–Kier alpha value is -2.47. The highest BCUT2D eigenvalue weighted by Gasteiger charge is 2.40. The first-order chi connectivity index (χ1) is 12.3. The van der Waals surface area contributed by atoms with Crippen LogP contribution in [0.25, 0.3) is 10.7 Å². The number of rotatable bonds is 3. The highest BCUT2D eigenvalue weighted by molar-refractivity contribution is 7.13. The number of nitrogens with zero attached hydrogens (tertiary/aromatic N) is 3. The van der Waals surface area contributed by atoms with Crippen LogP contribution in [0.3, 0.4) is 0 Å². The maximum absolute atomic E-state index is 12.6. The molecule has 25 heavy (non-hydrogen) atoms. The van der Waals surface area contributed by atoms with E-state index in [0.29, 0.717) is 24.7 Å². The standard InChI is InChI=1S/C19H17N3O2S/c23-17-10-13(19-20-18(21-24-19)16-6-3-9-25-16)11-22(17)15-8-7-12-4-1-2-5-14(12)15/h1-6,9,13,15H,7-8,10-11H2. The Balaban J connectivity index is 1.38. The number of aromatic nitrogens is 2. The Kier molecular flexibility index (Phi) is 3.45. The van der Waals surface area contributed by atoms with Gasteiger partial charge in [0.25, 0.3) is 0 Å². The zero-order valence-electron chi connectivity index (χ0n) is 13.6. The quantitative estimate of drug-likeness (QED) is 0.720. The molecule has 1 aromatic carbocycles. The number of amides is 1. The van der Waals surface area contributed by atoms with E-state index in [1.807, 2.05) is 22.4 Å². The molecule has 5 rings (SSSR count). The number of aryl methyl sites for hydroxylation is 1. The molecule has 0 saturated carbocycles. The van der Waals surface area contributed by atoms with E-state index in [1.165, 1.54) is 11.1 Å². The average Bonchev–Trinajstić information content (AvgIpc) is 3.40. The van der Waals surface area contributed by atoms with Crippen LogP contribution in [-0.4, -0.2) is 27.5 Å². The number of benzene rings is 1. The second kappa shape index (κ2) is 5.81. The minimum Gasteiger partial charge on any atom is -0.339 e. The SMILES string of the molecule is O=C1CC(c2nc(-c3cccs3)no2)CN1C1CCc2ccccc21. The largest absolute Gasteiger partial charge is 0.339 e. The summed E-state index contributed by atoms with van der Waals surface area (Å²) in [6.07, 6.45) is 2.49. The van der Waals surface area contributed by atoms with Gasteiger partial charge in [0.05, 0.1) is 16.8 Å². The van der Waals surface area contributed by atoms with E-state index in [2.05, 4.69) is 34.4 Å². The van der Waals surface area contributed by atoms with Crippen LogP contribution in [0.5, 0.6) is 0 Å². The predicted octanol–water partition coefficient (Wildman–Crippen LogP) is 3.80. The zero-order valence-corrected chi connectivity index (χ0v) is 14.4. The molecular formula is C19H17N3O2S. The van der Waals surface area contributed by atoms with Gasteiger partial charge in [0.15, 0.2) is 0 Å². The molecule has 0 N–H and O–H groups in total. The molecule has 1 fully saturated rings. The van der Waals surface area contributed by atoms with Gasteiger partial charge in [0.1, 0.15) is 0 Å². The van der Waals surface area contributed by atoms with Gasteiger partial charge in [-0.2, -0.15) is 4.98 Å². The summed E-state index contributed by atoms with van der Waals surface area (Å²) in [6.45, 7) is 0.657. The summed E-state index contributed by atoms with van der Waals surface area (Å²) in [6, 6.07) is 12.6. The lowest BCUT2D eigenvalue weighted by Gasteiger charge is -2.25. The lowest BCUT2D eigenvalue weighted by molar-refractivity contribution is -0.129. The fourth-order valence-corrected chi connectivity index (χ4v) is 4.61. The fraction of sp³-hybridized carbons (Fsp3) is 0.316. The number of carbonyl (C=O) groups is 1. The maximum atomic E-state index is 12.6. The summed E-state index contributed by atoms with van der Waals surface area (Å²) >= 11 is 1.58. The second-order valence-corrected chi connectivity index (χ2v) is 7.58. The third-order valence-electron chi connectivity index (χ3n) is 5.17. The van der Waals surface area contributed by atoms with Crippen molar-refractivity contribution in [3.8, 4) is 10.7 Å². The molecule has 1 aliphatic heterocycles. The summed E-state index contributed by atoms with van der Waals surface area (Å²) in [4.78, 5) is 20.1. The highest BCUT2D eigenvalue weighted by Crippen LogP contribution is 2.40. The molecular weight excluding hydrogens is 334 g/mol. The topological polar surface area (TPSA) is 59.2 Å². The van der Waals surface area contributed by atoms with Crippen molar-refractivity contribution in [2.75, 3.05) is 6.54 Å². The van der Waals surface area contributed by atoms with Crippen LogP contribution in [-0.2, 0) is 11.2 Å². The zero-order chi connectivity index (χ0) is 16.8. The predicted molar refractivity (Wildman–Crippen MR) is 94.2 cm³/mol. The lowest BCUT2D eigenvalue weighted by atomic mass is 10.1. The van der Waals surface area contributed by atoms with Crippen LogP contribution in [0.4, 0.5) is 0 Å². The molecule has 2 aromatic heterocycles. The third-order valence-corrected chi connectivity index (χ3v) is 6.03. The van der Waals surface area contributed by atoms with Crippen molar-refractivity contribution in [1.29, 1.82) is 0 Å². The van der Waals surface area contributed by atoms with Crippen LogP contribution in [0, 0.1) is 0 Å². The lowest BCUT2D eigenvalue weighted by Crippen LogP contribution is -2.28. The van der Waals surface area contributed by atoms with Crippen molar-refractivity contribution in [3.05, 3.63) is 58.8 Å². The molecule has 1 saturated heterocycles. The minimum atomic E-state index is -0.0125. The van der Waals surface area contributed by atoms with E-state index < -0.39 is 0 Å². The number of carbonyl (C=O) groups excluding carboxylic acids is 1. The Bertz CT molecular complexity index is 918. The normalized spacial score (nSPS) is 22.6. The van der Waals surface area contributed by atoms with Crippen LogP contribution < -0.4 is 0 Å². The van der Waals surface area contributed by atoms with Gasteiger partial charge in [-0.25, -0.2) is 0 Å². The third kappa shape index (κ3) is 2.48. The summed E-state index contributed by atoms with van der Waals surface area (Å²) in [7, 11) is 0. The Morgan fingerprint density at radius 2 is 2.12 bits per heavy atom. The van der Waals surface area contributed by atoms with Crippen molar-refractivity contribution in [1.82, 2.24) is 15.0 Å². The van der Waals surface area contributed by atoms with E-state index >= 15 is 0 Å². The van der Waals surface area contributed by atoms with Gasteiger partial charge in [-0.05, 0) is 35.4 Å². The fourth-order valence-electron chi connectivity index (χ4n) is 3.96.